The van der Waals surface area contributed by atoms with Gasteiger partial charge in [0.2, 0.25) is 5.91 Å². The number of carbonyl (C=O) groups excluding carboxylic acids is 3. The van der Waals surface area contributed by atoms with Crippen LogP contribution in [0.25, 0.3) is 0 Å². The Morgan fingerprint density at radius 2 is 1.85 bits per heavy atom. The lowest BCUT2D eigenvalue weighted by Gasteiger charge is -2.17. The molecule has 0 bridgehead atoms. The number of hydrogen-bond acceptors (Lipinski definition) is 4. The Balaban J connectivity index is 2.12. The van der Waals surface area contributed by atoms with E-state index in [1.54, 1.807) is 20.9 Å². The highest BCUT2D eigenvalue weighted by Gasteiger charge is 2.25. The molecule has 0 aliphatic carbocycles. The maximum atomic E-state index is 12.7. The molecule has 0 unspecified atom stereocenters. The van der Waals surface area contributed by atoms with Gasteiger partial charge < -0.3 is 19.9 Å². The van der Waals surface area contributed by atoms with Crippen molar-refractivity contribution in [2.24, 2.45) is 0 Å². The molecule has 0 aliphatic rings. The summed E-state index contributed by atoms with van der Waals surface area (Å²) in [5.41, 5.74) is 3.45. The van der Waals surface area contributed by atoms with E-state index in [0.29, 0.717) is 16.8 Å². The number of nitrogens with zero attached hydrogens (tertiary/aromatic N) is 1. The van der Waals surface area contributed by atoms with Gasteiger partial charge in [0.05, 0.1) is 19.2 Å². The van der Waals surface area contributed by atoms with Crippen LogP contribution in [0.4, 0.5) is 5.69 Å². The van der Waals surface area contributed by atoms with Gasteiger partial charge in [0, 0.05) is 18.4 Å². The van der Waals surface area contributed by atoms with Crippen LogP contribution in [0, 0.1) is 13.8 Å². The first-order valence-corrected chi connectivity index (χ1v) is 8.70. The molecular formula is C20H25N3O4. The van der Waals surface area contributed by atoms with Crippen molar-refractivity contribution in [2.75, 3.05) is 26.0 Å². The topological polar surface area (TPSA) is 91.5 Å². The smallest absolute Gasteiger partial charge is 0.339 e. The van der Waals surface area contributed by atoms with Crippen LogP contribution in [0.15, 0.2) is 24.3 Å². The number of amides is 2. The molecule has 0 saturated heterocycles. The summed E-state index contributed by atoms with van der Waals surface area (Å²) in [6.07, 6.45) is 0.794. The van der Waals surface area contributed by atoms with Crippen molar-refractivity contribution < 1.29 is 19.1 Å². The number of aromatic nitrogens is 1. The van der Waals surface area contributed by atoms with Crippen molar-refractivity contribution >= 4 is 23.5 Å². The fraction of sp³-hybridized carbons (Fsp3) is 0.350. The maximum absolute atomic E-state index is 12.7. The number of rotatable bonds is 6. The molecule has 0 radical (unpaired) electrons. The quantitative estimate of drug-likeness (QED) is 0.764. The number of carbonyl (C=O) groups is 3. The van der Waals surface area contributed by atoms with E-state index in [4.69, 9.17) is 4.74 Å². The molecule has 1 aromatic carbocycles. The van der Waals surface area contributed by atoms with Crippen LogP contribution in [0.5, 0.6) is 0 Å². The summed E-state index contributed by atoms with van der Waals surface area (Å²) in [5, 5.41) is 2.84. The second-order valence-electron chi connectivity index (χ2n) is 6.34. The van der Waals surface area contributed by atoms with Crippen molar-refractivity contribution in [2.45, 2.75) is 27.2 Å². The summed E-state index contributed by atoms with van der Waals surface area (Å²) >= 11 is 0. The van der Waals surface area contributed by atoms with E-state index in [1.807, 2.05) is 31.2 Å². The first-order chi connectivity index (χ1) is 12.8. The van der Waals surface area contributed by atoms with E-state index in [1.165, 1.54) is 12.0 Å². The monoisotopic (exact) mass is 371 g/mol. The SMILES string of the molecule is CCc1ccccc1NC(=O)CN(C)C(=O)c1[nH]c(C)c(C(=O)OC)c1C. The molecule has 144 valence electrons. The summed E-state index contributed by atoms with van der Waals surface area (Å²) in [6, 6.07) is 7.55. The molecule has 0 fully saturated rings. The minimum absolute atomic E-state index is 0.109. The van der Waals surface area contributed by atoms with Gasteiger partial charge in [-0.05, 0) is 37.5 Å². The molecule has 1 heterocycles. The number of methoxy groups -OCH3 is 1. The Morgan fingerprint density at radius 1 is 1.19 bits per heavy atom. The molecule has 0 spiro atoms. The summed E-state index contributed by atoms with van der Waals surface area (Å²) in [4.78, 5) is 41.2. The number of H-pyrrole nitrogens is 1. The number of hydrogen-bond donors (Lipinski definition) is 2. The summed E-state index contributed by atoms with van der Waals surface area (Å²) in [6.45, 7) is 5.27. The summed E-state index contributed by atoms with van der Waals surface area (Å²) in [5.74, 6) is -1.16. The summed E-state index contributed by atoms with van der Waals surface area (Å²) in [7, 11) is 2.83. The zero-order valence-corrected chi connectivity index (χ0v) is 16.3. The minimum Gasteiger partial charge on any atom is -0.465 e. The molecule has 2 rings (SSSR count). The molecule has 0 saturated carbocycles. The summed E-state index contributed by atoms with van der Waals surface area (Å²) < 4.78 is 4.76. The number of aryl methyl sites for hydroxylation is 2. The number of nitrogens with one attached hydrogen (secondary N) is 2. The molecule has 2 aromatic rings. The number of likely N-dealkylation sites (N-methyl/N-ethyl adjacent to an activating group) is 1. The van der Waals surface area contributed by atoms with Gasteiger partial charge in [-0.2, -0.15) is 0 Å². The number of aromatic amines is 1. The highest BCUT2D eigenvalue weighted by Crippen LogP contribution is 2.20. The van der Waals surface area contributed by atoms with Crippen LogP contribution in [0.2, 0.25) is 0 Å². The third kappa shape index (κ3) is 4.36. The number of para-hydroxylation sites is 1. The standard InChI is InChI=1S/C20H25N3O4/c1-6-14-9-7-8-10-15(14)22-16(24)11-23(4)19(25)18-12(2)17(13(3)21-18)20(26)27-5/h7-10,21H,6,11H2,1-5H3,(H,22,24). The van der Waals surface area contributed by atoms with Crippen LogP contribution in [0.1, 0.15) is 44.6 Å². The van der Waals surface area contributed by atoms with Gasteiger partial charge in [0.15, 0.2) is 0 Å². The zero-order valence-electron chi connectivity index (χ0n) is 16.3. The number of esters is 1. The lowest BCUT2D eigenvalue weighted by molar-refractivity contribution is -0.116. The Hall–Kier alpha value is -3.09. The molecule has 0 atom stereocenters. The van der Waals surface area contributed by atoms with E-state index in [0.717, 1.165) is 17.7 Å². The lowest BCUT2D eigenvalue weighted by atomic mass is 10.1. The van der Waals surface area contributed by atoms with E-state index in [2.05, 4.69) is 10.3 Å². The van der Waals surface area contributed by atoms with Crippen LogP contribution < -0.4 is 5.32 Å². The third-order valence-electron chi connectivity index (χ3n) is 4.44. The lowest BCUT2D eigenvalue weighted by Crippen LogP contribution is -2.35. The second-order valence-corrected chi connectivity index (χ2v) is 6.34. The van der Waals surface area contributed by atoms with E-state index < -0.39 is 5.97 Å². The van der Waals surface area contributed by atoms with Gasteiger partial charge in [0.25, 0.3) is 5.91 Å². The van der Waals surface area contributed by atoms with Gasteiger partial charge >= 0.3 is 5.97 Å². The predicted octanol–water partition coefficient (Wildman–Crippen LogP) is 2.69. The molecule has 2 amide bonds. The molecule has 7 heteroatoms. The van der Waals surface area contributed by atoms with Gasteiger partial charge in [0.1, 0.15) is 5.69 Å². The first kappa shape index (κ1) is 20.2. The average Bonchev–Trinajstić information content (AvgIpc) is 2.94. The van der Waals surface area contributed by atoms with Crippen LogP contribution >= 0.6 is 0 Å². The predicted molar refractivity (Wildman–Crippen MR) is 103 cm³/mol. The molecule has 1 aromatic heterocycles. The Bertz CT molecular complexity index is 870. The molecule has 2 N–H and O–H groups in total. The fourth-order valence-electron chi connectivity index (χ4n) is 2.99. The zero-order chi connectivity index (χ0) is 20.1. The molecule has 7 nitrogen and oxygen atoms in total. The normalized spacial score (nSPS) is 10.4. The number of benzene rings is 1. The maximum Gasteiger partial charge on any atom is 0.339 e. The highest BCUT2D eigenvalue weighted by molar-refractivity contribution is 6.02. The number of anilines is 1. The third-order valence-corrected chi connectivity index (χ3v) is 4.44. The largest absolute Gasteiger partial charge is 0.465 e. The van der Waals surface area contributed by atoms with E-state index >= 15 is 0 Å². The van der Waals surface area contributed by atoms with Crippen molar-refractivity contribution in [1.82, 2.24) is 9.88 Å². The van der Waals surface area contributed by atoms with Crippen molar-refractivity contribution in [3.63, 3.8) is 0 Å². The molecule has 0 aliphatic heterocycles. The van der Waals surface area contributed by atoms with Crippen LogP contribution in [-0.4, -0.2) is 48.4 Å². The molecule has 27 heavy (non-hydrogen) atoms. The van der Waals surface area contributed by atoms with E-state index in [9.17, 15) is 14.4 Å². The van der Waals surface area contributed by atoms with Crippen LogP contribution in [-0.2, 0) is 16.0 Å². The first-order valence-electron chi connectivity index (χ1n) is 8.70. The fourth-order valence-corrected chi connectivity index (χ4v) is 2.99. The van der Waals surface area contributed by atoms with Gasteiger partial charge in [-0.3, -0.25) is 9.59 Å². The Labute approximate surface area is 158 Å². The van der Waals surface area contributed by atoms with Gasteiger partial charge in [-0.15, -0.1) is 0 Å². The highest BCUT2D eigenvalue weighted by atomic mass is 16.5. The van der Waals surface area contributed by atoms with Gasteiger partial charge in [-0.1, -0.05) is 25.1 Å². The van der Waals surface area contributed by atoms with E-state index in [-0.39, 0.29) is 24.1 Å². The van der Waals surface area contributed by atoms with Crippen molar-refractivity contribution in [3.8, 4) is 0 Å². The average molecular weight is 371 g/mol. The van der Waals surface area contributed by atoms with Gasteiger partial charge in [-0.25, -0.2) is 4.79 Å². The number of ether oxygens (including phenoxy) is 1. The van der Waals surface area contributed by atoms with Crippen molar-refractivity contribution in [1.29, 1.82) is 0 Å². The second kappa shape index (κ2) is 8.53. The minimum atomic E-state index is -0.503. The van der Waals surface area contributed by atoms with Crippen molar-refractivity contribution in [3.05, 3.63) is 52.3 Å². The van der Waals surface area contributed by atoms with Crippen LogP contribution in [0.3, 0.4) is 0 Å². The Morgan fingerprint density at radius 3 is 2.48 bits per heavy atom. The molecular weight excluding hydrogens is 346 g/mol. The Kier molecular flexibility index (Phi) is 6.39.